The van der Waals surface area contributed by atoms with E-state index in [1.807, 2.05) is 12.1 Å². The van der Waals surface area contributed by atoms with E-state index in [1.165, 1.54) is 35.3 Å². The first-order chi connectivity index (χ1) is 10.1. The Hall–Kier alpha value is -0.750. The Kier molecular flexibility index (Phi) is 4.74. The summed E-state index contributed by atoms with van der Waals surface area (Å²) in [6, 6.07) is 5.95. The lowest BCUT2D eigenvalue weighted by molar-refractivity contribution is 0.218. The quantitative estimate of drug-likeness (QED) is 0.614. The smallest absolute Gasteiger partial charge is 0.120 e. The second kappa shape index (κ2) is 6.57. The van der Waals surface area contributed by atoms with Crippen LogP contribution in [-0.2, 0) is 6.54 Å². The highest BCUT2D eigenvalue weighted by Gasteiger charge is 2.14. The molecule has 1 saturated heterocycles. The number of rotatable bonds is 3. The Morgan fingerprint density at radius 2 is 1.95 bits per heavy atom. The minimum Gasteiger partial charge on any atom is -0.508 e. The molecule has 0 saturated carbocycles. The van der Waals surface area contributed by atoms with E-state index in [-0.39, 0.29) is 0 Å². The van der Waals surface area contributed by atoms with Crippen molar-refractivity contribution >= 4 is 32.9 Å². The van der Waals surface area contributed by atoms with Gasteiger partial charge < -0.3 is 5.11 Å². The fraction of sp³-hybridized carbons (Fsp3) is 0.438. The normalized spacial score (nSPS) is 16.2. The number of hydrogen-bond acceptors (Lipinski definition) is 5. The second-order valence-corrected chi connectivity index (χ2v) is 8.41. The summed E-state index contributed by atoms with van der Waals surface area (Å²) in [7, 11) is 3.39. The van der Waals surface area contributed by atoms with Crippen LogP contribution < -0.4 is 0 Å². The fourth-order valence-corrected chi connectivity index (χ4v) is 5.66. The zero-order chi connectivity index (χ0) is 14.8. The molecule has 0 aliphatic carbocycles. The zero-order valence-electron chi connectivity index (χ0n) is 12.1. The van der Waals surface area contributed by atoms with Gasteiger partial charge in [-0.15, -0.1) is 0 Å². The number of piperidine rings is 1. The number of phenols is 1. The molecule has 1 aromatic heterocycles. The van der Waals surface area contributed by atoms with Gasteiger partial charge in [-0.3, -0.25) is 4.90 Å². The molecular formula is C16H19NOS3. The monoisotopic (exact) mass is 337 g/mol. The van der Waals surface area contributed by atoms with E-state index in [2.05, 4.69) is 17.9 Å². The molecule has 0 radical (unpaired) electrons. The molecule has 112 valence electrons. The molecule has 1 fully saturated rings. The van der Waals surface area contributed by atoms with E-state index in [4.69, 9.17) is 12.2 Å². The van der Waals surface area contributed by atoms with Gasteiger partial charge in [-0.2, -0.15) is 0 Å². The van der Waals surface area contributed by atoms with Crippen LogP contribution in [-0.4, -0.2) is 23.1 Å². The standard InChI is InChI=1S/C16H19NOS3/c1-11-15(20-21-16(11)19)12-5-6-14(18)13(9-12)10-17-7-3-2-4-8-17/h5-6,9,18H,2-4,7-8,10H2,1H3. The van der Waals surface area contributed by atoms with Gasteiger partial charge >= 0.3 is 0 Å². The average Bonchev–Trinajstić information content (AvgIpc) is 2.83. The molecule has 0 unspecified atom stereocenters. The van der Waals surface area contributed by atoms with Crippen molar-refractivity contribution in [3.63, 3.8) is 0 Å². The van der Waals surface area contributed by atoms with Crippen molar-refractivity contribution in [3.05, 3.63) is 33.1 Å². The van der Waals surface area contributed by atoms with Gasteiger partial charge in [0.15, 0.2) is 0 Å². The largest absolute Gasteiger partial charge is 0.508 e. The summed E-state index contributed by atoms with van der Waals surface area (Å²) >= 11 is 5.33. The Morgan fingerprint density at radius 3 is 2.62 bits per heavy atom. The molecule has 21 heavy (non-hydrogen) atoms. The van der Waals surface area contributed by atoms with Crippen molar-refractivity contribution in [1.29, 1.82) is 0 Å². The Balaban J connectivity index is 1.89. The molecule has 0 bridgehead atoms. The van der Waals surface area contributed by atoms with E-state index < -0.39 is 0 Å². The van der Waals surface area contributed by atoms with Crippen molar-refractivity contribution in [2.45, 2.75) is 32.7 Å². The maximum atomic E-state index is 10.1. The van der Waals surface area contributed by atoms with Crippen LogP contribution in [0.25, 0.3) is 10.4 Å². The predicted octanol–water partition coefficient (Wildman–Crippen LogP) is 5.21. The highest BCUT2D eigenvalue weighted by molar-refractivity contribution is 7.80. The van der Waals surface area contributed by atoms with Gasteiger partial charge in [0.25, 0.3) is 0 Å². The third-order valence-electron chi connectivity index (χ3n) is 4.03. The Morgan fingerprint density at radius 1 is 1.19 bits per heavy atom. The van der Waals surface area contributed by atoms with Crippen LogP contribution in [0, 0.1) is 10.7 Å². The molecule has 1 aliphatic heterocycles. The van der Waals surface area contributed by atoms with E-state index in [1.54, 1.807) is 20.7 Å². The summed E-state index contributed by atoms with van der Waals surface area (Å²) in [5.41, 5.74) is 3.39. The van der Waals surface area contributed by atoms with Gasteiger partial charge in [-0.1, -0.05) is 39.3 Å². The van der Waals surface area contributed by atoms with Crippen molar-refractivity contribution in [3.8, 4) is 16.2 Å². The molecule has 2 heterocycles. The second-order valence-electron chi connectivity index (χ2n) is 5.59. The Labute approximate surface area is 138 Å². The van der Waals surface area contributed by atoms with Crippen LogP contribution in [0.4, 0.5) is 0 Å². The molecule has 0 amide bonds. The molecule has 2 aromatic rings. The lowest BCUT2D eigenvalue weighted by Gasteiger charge is -2.26. The SMILES string of the molecule is Cc1c(-c2ccc(O)c(CN3CCCCC3)c2)ssc1=S. The highest BCUT2D eigenvalue weighted by Crippen LogP contribution is 2.36. The third-order valence-corrected chi connectivity index (χ3v) is 7.40. The molecule has 2 nitrogen and oxygen atoms in total. The topological polar surface area (TPSA) is 23.5 Å². The van der Waals surface area contributed by atoms with Gasteiger partial charge in [0, 0.05) is 12.1 Å². The summed E-state index contributed by atoms with van der Waals surface area (Å²) < 4.78 is 0.973. The van der Waals surface area contributed by atoms with Gasteiger partial charge in [0.1, 0.15) is 9.57 Å². The number of hydrogen-bond donors (Lipinski definition) is 1. The van der Waals surface area contributed by atoms with Crippen LogP contribution in [0.1, 0.15) is 30.4 Å². The molecule has 3 rings (SSSR count). The molecular weight excluding hydrogens is 318 g/mol. The predicted molar refractivity (Wildman–Crippen MR) is 94.0 cm³/mol. The van der Waals surface area contributed by atoms with Crippen molar-refractivity contribution in [1.82, 2.24) is 4.90 Å². The van der Waals surface area contributed by atoms with Gasteiger partial charge in [-0.25, -0.2) is 0 Å². The maximum Gasteiger partial charge on any atom is 0.120 e. The van der Waals surface area contributed by atoms with E-state index in [0.717, 1.165) is 29.0 Å². The molecule has 1 N–H and O–H groups in total. The summed E-state index contributed by atoms with van der Waals surface area (Å²) in [4.78, 5) is 3.68. The van der Waals surface area contributed by atoms with Crippen LogP contribution in [0.3, 0.4) is 0 Å². The van der Waals surface area contributed by atoms with Crippen molar-refractivity contribution in [2.24, 2.45) is 0 Å². The Bertz CT molecular complexity index is 683. The van der Waals surface area contributed by atoms with Crippen molar-refractivity contribution in [2.75, 3.05) is 13.1 Å². The highest BCUT2D eigenvalue weighted by atomic mass is 32.9. The van der Waals surface area contributed by atoms with Crippen LogP contribution in [0.2, 0.25) is 0 Å². The minimum atomic E-state index is 0.404. The van der Waals surface area contributed by atoms with Crippen molar-refractivity contribution < 1.29 is 5.11 Å². The van der Waals surface area contributed by atoms with E-state index in [9.17, 15) is 5.11 Å². The van der Waals surface area contributed by atoms with E-state index in [0.29, 0.717) is 5.75 Å². The zero-order valence-corrected chi connectivity index (χ0v) is 14.5. The summed E-state index contributed by atoms with van der Waals surface area (Å²) in [5, 5.41) is 10.1. The summed E-state index contributed by atoms with van der Waals surface area (Å²) in [6.45, 7) is 5.20. The van der Waals surface area contributed by atoms with Gasteiger partial charge in [0.2, 0.25) is 0 Å². The number of aromatic hydroxyl groups is 1. The maximum absolute atomic E-state index is 10.1. The molecule has 1 aromatic carbocycles. The molecule has 5 heteroatoms. The number of nitrogens with zero attached hydrogens (tertiary/aromatic N) is 1. The number of phenolic OH excluding ortho intramolecular Hbond substituents is 1. The van der Waals surface area contributed by atoms with Gasteiger partial charge in [-0.05, 0) is 62.2 Å². The average molecular weight is 338 g/mol. The lowest BCUT2D eigenvalue weighted by Crippen LogP contribution is -2.29. The lowest BCUT2D eigenvalue weighted by atomic mass is 10.0. The number of likely N-dealkylation sites (tertiary alicyclic amines) is 1. The summed E-state index contributed by atoms with van der Waals surface area (Å²) in [6.07, 6.45) is 3.87. The molecule has 1 aliphatic rings. The molecule has 0 atom stereocenters. The fourth-order valence-electron chi connectivity index (χ4n) is 2.77. The first-order valence-corrected chi connectivity index (χ1v) is 9.85. The number of benzene rings is 1. The van der Waals surface area contributed by atoms with Crippen LogP contribution in [0.15, 0.2) is 18.2 Å². The van der Waals surface area contributed by atoms with Crippen LogP contribution >= 0.6 is 32.9 Å². The minimum absolute atomic E-state index is 0.404. The van der Waals surface area contributed by atoms with E-state index >= 15 is 0 Å². The molecule has 0 spiro atoms. The summed E-state index contributed by atoms with van der Waals surface area (Å²) in [5.74, 6) is 0.404. The first-order valence-electron chi connectivity index (χ1n) is 7.29. The van der Waals surface area contributed by atoms with Gasteiger partial charge in [0.05, 0.1) is 4.88 Å². The third kappa shape index (κ3) is 3.37. The van der Waals surface area contributed by atoms with Crippen LogP contribution in [0.5, 0.6) is 5.75 Å². The first kappa shape index (κ1) is 15.2.